The lowest BCUT2D eigenvalue weighted by atomic mass is 9.93. The number of rotatable bonds is 1. The first-order chi connectivity index (χ1) is 8.27. The molecule has 2 amide bonds. The van der Waals surface area contributed by atoms with Gasteiger partial charge in [-0.25, -0.2) is 4.79 Å². The summed E-state index contributed by atoms with van der Waals surface area (Å²) < 4.78 is 0. The number of likely N-dealkylation sites (tertiary alicyclic amines) is 1. The molecule has 2 aliphatic rings. The molecule has 0 spiro atoms. The molecule has 0 bridgehead atoms. The highest BCUT2D eigenvalue weighted by Gasteiger charge is 2.26. The van der Waals surface area contributed by atoms with E-state index in [1.54, 1.807) is 0 Å². The van der Waals surface area contributed by atoms with Gasteiger partial charge < -0.3 is 15.3 Å². The fraction of sp³-hybridized carbons (Fsp3) is 0.923. The molecule has 2 N–H and O–H groups in total. The van der Waals surface area contributed by atoms with Gasteiger partial charge in [0.15, 0.2) is 0 Å². The van der Waals surface area contributed by atoms with Crippen molar-refractivity contribution in [3.8, 4) is 0 Å². The number of aliphatic hydroxyl groups excluding tert-OH is 1. The highest BCUT2D eigenvalue weighted by Crippen LogP contribution is 2.19. The summed E-state index contributed by atoms with van der Waals surface area (Å²) >= 11 is 0. The van der Waals surface area contributed by atoms with E-state index < -0.39 is 0 Å². The summed E-state index contributed by atoms with van der Waals surface area (Å²) in [7, 11) is 0. The quantitative estimate of drug-likeness (QED) is 0.735. The van der Waals surface area contributed by atoms with E-state index in [2.05, 4.69) is 5.32 Å². The van der Waals surface area contributed by atoms with Gasteiger partial charge in [-0.1, -0.05) is 25.7 Å². The van der Waals surface area contributed by atoms with Crippen LogP contribution in [0.3, 0.4) is 0 Å². The summed E-state index contributed by atoms with van der Waals surface area (Å²) in [6.07, 6.45) is 8.28. The number of carbonyl (C=O) groups is 1. The number of aliphatic hydroxyl groups is 1. The first-order valence-corrected chi connectivity index (χ1v) is 7.01. The topological polar surface area (TPSA) is 52.6 Å². The molecule has 17 heavy (non-hydrogen) atoms. The Morgan fingerprint density at radius 3 is 2.29 bits per heavy atom. The monoisotopic (exact) mass is 240 g/mol. The van der Waals surface area contributed by atoms with E-state index in [9.17, 15) is 9.90 Å². The van der Waals surface area contributed by atoms with Crippen molar-refractivity contribution >= 4 is 6.03 Å². The fourth-order valence-corrected chi connectivity index (χ4v) is 2.80. The third kappa shape index (κ3) is 3.60. The van der Waals surface area contributed by atoms with Crippen LogP contribution in [-0.4, -0.2) is 41.3 Å². The number of hydrogen-bond acceptors (Lipinski definition) is 2. The van der Waals surface area contributed by atoms with Gasteiger partial charge in [0.1, 0.15) is 0 Å². The number of nitrogens with zero attached hydrogens (tertiary/aromatic N) is 1. The van der Waals surface area contributed by atoms with Crippen LogP contribution in [0.15, 0.2) is 0 Å². The third-order valence-corrected chi connectivity index (χ3v) is 3.93. The van der Waals surface area contributed by atoms with Crippen molar-refractivity contribution in [1.29, 1.82) is 0 Å². The first-order valence-electron chi connectivity index (χ1n) is 7.01. The van der Waals surface area contributed by atoms with Gasteiger partial charge in [-0.05, 0) is 25.7 Å². The maximum absolute atomic E-state index is 12.1. The molecule has 0 aromatic heterocycles. The van der Waals surface area contributed by atoms with Gasteiger partial charge in [0.25, 0.3) is 0 Å². The van der Waals surface area contributed by atoms with Gasteiger partial charge in [-0.15, -0.1) is 0 Å². The van der Waals surface area contributed by atoms with Crippen molar-refractivity contribution in [3.05, 3.63) is 0 Å². The molecule has 1 aliphatic heterocycles. The van der Waals surface area contributed by atoms with Crippen molar-refractivity contribution < 1.29 is 9.90 Å². The Balaban J connectivity index is 1.82. The van der Waals surface area contributed by atoms with Crippen LogP contribution in [0, 0.1) is 0 Å². The smallest absolute Gasteiger partial charge is 0.317 e. The summed E-state index contributed by atoms with van der Waals surface area (Å²) in [5, 5.41) is 12.8. The van der Waals surface area contributed by atoms with Crippen molar-refractivity contribution in [2.75, 3.05) is 13.1 Å². The molecule has 1 saturated heterocycles. The minimum absolute atomic E-state index is 0.0258. The van der Waals surface area contributed by atoms with Crippen molar-refractivity contribution in [1.82, 2.24) is 10.2 Å². The summed E-state index contributed by atoms with van der Waals surface area (Å²) in [6.45, 7) is 1.74. The average molecular weight is 240 g/mol. The molecule has 4 nitrogen and oxygen atoms in total. The highest BCUT2D eigenvalue weighted by molar-refractivity contribution is 5.74. The van der Waals surface area contributed by atoms with E-state index in [4.69, 9.17) is 0 Å². The molecule has 0 unspecified atom stereocenters. The number of urea groups is 1. The average Bonchev–Trinajstić information content (AvgIpc) is 2.61. The molecule has 2 fully saturated rings. The zero-order chi connectivity index (χ0) is 12.1. The lowest BCUT2D eigenvalue weighted by Gasteiger charge is -2.31. The summed E-state index contributed by atoms with van der Waals surface area (Å²) in [4.78, 5) is 14.0. The van der Waals surface area contributed by atoms with E-state index in [-0.39, 0.29) is 18.2 Å². The molecule has 98 valence electrons. The standard InChI is InChI=1S/C13H24N2O2/c16-12-8-4-3-7-11(12)14-13(17)15-9-5-1-2-6-10-15/h11-12,16H,1-10H2,(H,14,17)/t11-,12-/m1/s1. The van der Waals surface area contributed by atoms with Gasteiger partial charge in [0.05, 0.1) is 12.1 Å². The molecule has 4 heteroatoms. The van der Waals surface area contributed by atoms with Gasteiger partial charge in [-0.2, -0.15) is 0 Å². The fourth-order valence-electron chi connectivity index (χ4n) is 2.80. The molecule has 0 aromatic rings. The Bertz CT molecular complexity index is 250. The lowest BCUT2D eigenvalue weighted by Crippen LogP contribution is -2.50. The van der Waals surface area contributed by atoms with Gasteiger partial charge >= 0.3 is 6.03 Å². The Morgan fingerprint density at radius 1 is 1.00 bits per heavy atom. The highest BCUT2D eigenvalue weighted by atomic mass is 16.3. The SMILES string of the molecule is O=C(N[C@@H]1CCCC[C@H]1O)N1CCCCCC1. The van der Waals surface area contributed by atoms with Crippen LogP contribution < -0.4 is 5.32 Å². The van der Waals surface area contributed by atoms with E-state index >= 15 is 0 Å². The molecule has 0 aromatic carbocycles. The zero-order valence-electron chi connectivity index (χ0n) is 10.5. The molecule has 0 radical (unpaired) electrons. The second kappa shape index (κ2) is 6.24. The summed E-state index contributed by atoms with van der Waals surface area (Å²) in [5.41, 5.74) is 0. The van der Waals surface area contributed by atoms with Crippen LogP contribution in [0.25, 0.3) is 0 Å². The molecule has 2 rings (SSSR count). The first kappa shape index (κ1) is 12.7. The maximum atomic E-state index is 12.1. The molecule has 2 atom stereocenters. The minimum atomic E-state index is -0.348. The second-order valence-corrected chi connectivity index (χ2v) is 5.31. The van der Waals surface area contributed by atoms with E-state index in [1.807, 2.05) is 4.90 Å². The van der Waals surface area contributed by atoms with Gasteiger partial charge in [-0.3, -0.25) is 0 Å². The van der Waals surface area contributed by atoms with E-state index in [0.717, 1.165) is 51.6 Å². The van der Waals surface area contributed by atoms with Crippen LogP contribution in [-0.2, 0) is 0 Å². The van der Waals surface area contributed by atoms with Crippen molar-refractivity contribution in [2.45, 2.75) is 63.5 Å². The molecule has 1 aliphatic carbocycles. The normalized spacial score (nSPS) is 30.8. The minimum Gasteiger partial charge on any atom is -0.391 e. The largest absolute Gasteiger partial charge is 0.391 e. The molecule has 1 heterocycles. The van der Waals surface area contributed by atoms with Crippen LogP contribution in [0.4, 0.5) is 4.79 Å². The Morgan fingerprint density at radius 2 is 1.65 bits per heavy atom. The lowest BCUT2D eigenvalue weighted by molar-refractivity contribution is 0.0900. The summed E-state index contributed by atoms with van der Waals surface area (Å²) in [5.74, 6) is 0. The predicted octanol–water partition coefficient (Wildman–Crippen LogP) is 1.88. The van der Waals surface area contributed by atoms with Crippen LogP contribution >= 0.6 is 0 Å². The Labute approximate surface area is 103 Å². The molecular formula is C13H24N2O2. The van der Waals surface area contributed by atoms with Gasteiger partial charge in [0.2, 0.25) is 0 Å². The molecule has 1 saturated carbocycles. The summed E-state index contributed by atoms with van der Waals surface area (Å²) in [6, 6.07) is -0.00245. The Kier molecular flexibility index (Phi) is 4.66. The van der Waals surface area contributed by atoms with Crippen molar-refractivity contribution in [2.24, 2.45) is 0 Å². The predicted molar refractivity (Wildman–Crippen MR) is 66.8 cm³/mol. The zero-order valence-corrected chi connectivity index (χ0v) is 10.5. The van der Waals surface area contributed by atoms with E-state index in [1.165, 1.54) is 12.8 Å². The third-order valence-electron chi connectivity index (χ3n) is 3.93. The number of hydrogen-bond donors (Lipinski definition) is 2. The number of amides is 2. The second-order valence-electron chi connectivity index (χ2n) is 5.31. The molecular weight excluding hydrogens is 216 g/mol. The van der Waals surface area contributed by atoms with E-state index in [0.29, 0.717) is 0 Å². The number of carbonyl (C=O) groups excluding carboxylic acids is 1. The van der Waals surface area contributed by atoms with Crippen molar-refractivity contribution in [3.63, 3.8) is 0 Å². The van der Waals surface area contributed by atoms with Crippen LogP contribution in [0.2, 0.25) is 0 Å². The van der Waals surface area contributed by atoms with Crippen LogP contribution in [0.1, 0.15) is 51.4 Å². The van der Waals surface area contributed by atoms with Gasteiger partial charge in [0, 0.05) is 13.1 Å². The number of nitrogens with one attached hydrogen (secondary N) is 1. The Hall–Kier alpha value is -0.770. The maximum Gasteiger partial charge on any atom is 0.317 e. The van der Waals surface area contributed by atoms with Crippen LogP contribution in [0.5, 0.6) is 0 Å².